The van der Waals surface area contributed by atoms with Gasteiger partial charge in [-0.25, -0.2) is 4.39 Å². The molecule has 3 nitrogen and oxygen atoms in total. The Hall–Kier alpha value is -3.77. The lowest BCUT2D eigenvalue weighted by atomic mass is 9.88. The molecule has 1 unspecified atom stereocenters. The zero-order valence-electron chi connectivity index (χ0n) is 20.6. The molecule has 216 valence electrons. The van der Waals surface area contributed by atoms with Gasteiger partial charge in [0.25, 0.3) is 0 Å². The minimum Gasteiger partial charge on any atom is -0.481 e. The van der Waals surface area contributed by atoms with Gasteiger partial charge in [0.2, 0.25) is 0 Å². The summed E-state index contributed by atoms with van der Waals surface area (Å²) in [4.78, 5) is 12.0. The highest BCUT2D eigenvalue weighted by atomic mass is 19.4. The minimum atomic E-state index is -5.18. The van der Waals surface area contributed by atoms with Crippen molar-refractivity contribution in [3.8, 4) is 22.6 Å². The van der Waals surface area contributed by atoms with Crippen LogP contribution in [0.1, 0.15) is 48.4 Å². The van der Waals surface area contributed by atoms with Crippen molar-refractivity contribution in [2.75, 3.05) is 0 Å². The first kappa shape index (κ1) is 30.8. The number of carboxylic acid groups (broad SMARTS) is 1. The summed E-state index contributed by atoms with van der Waals surface area (Å²) in [5, 5.41) is 9.77. The predicted octanol–water partition coefficient (Wildman–Crippen LogP) is 9.56. The molecule has 3 rings (SSSR count). The molecule has 0 fully saturated rings. The summed E-state index contributed by atoms with van der Waals surface area (Å²) in [7, 11) is 0. The molecule has 3 aromatic rings. The normalized spacial score (nSPS) is 13.4. The lowest BCUT2D eigenvalue weighted by molar-refractivity contribution is -0.143. The van der Waals surface area contributed by atoms with E-state index < -0.39 is 70.0 Å². The molecule has 0 spiro atoms. The fraction of sp³-hybridized carbons (Fsp3) is 0.296. The minimum absolute atomic E-state index is 0.00714. The van der Waals surface area contributed by atoms with Gasteiger partial charge < -0.3 is 9.84 Å². The van der Waals surface area contributed by atoms with Crippen molar-refractivity contribution in [1.29, 1.82) is 0 Å². The summed E-state index contributed by atoms with van der Waals surface area (Å²) in [5.74, 6) is -5.37. The van der Waals surface area contributed by atoms with Gasteiger partial charge >= 0.3 is 24.5 Å². The Morgan fingerprint density at radius 1 is 0.700 bits per heavy atom. The quantitative estimate of drug-likeness (QED) is 0.282. The molecule has 0 aliphatic carbocycles. The summed E-state index contributed by atoms with van der Waals surface area (Å²) in [5.41, 5.74) is -5.75. The average molecular weight is 582 g/mol. The maximum absolute atomic E-state index is 13.9. The molecule has 0 heterocycles. The number of aliphatic carboxylic acids is 1. The lowest BCUT2D eigenvalue weighted by Gasteiger charge is -2.19. The number of hydrogen-bond acceptors (Lipinski definition) is 2. The molecule has 13 heteroatoms. The second-order valence-corrected chi connectivity index (χ2v) is 9.38. The van der Waals surface area contributed by atoms with Crippen molar-refractivity contribution < 1.29 is 58.5 Å². The SMILES string of the molecule is CC(C)CC(C(=O)O)c1cc(Oc2cc(F)cc(C(F)(F)F)c2)cc(-c2cc(C(F)(F)F)cc(C(F)(F)F)c2)c1. The Morgan fingerprint density at radius 2 is 1.18 bits per heavy atom. The van der Waals surface area contributed by atoms with Gasteiger partial charge in [-0.3, -0.25) is 4.79 Å². The van der Waals surface area contributed by atoms with Crippen LogP contribution < -0.4 is 4.74 Å². The molecule has 0 radical (unpaired) electrons. The van der Waals surface area contributed by atoms with E-state index in [1.165, 1.54) is 0 Å². The van der Waals surface area contributed by atoms with Gasteiger partial charge in [-0.05, 0) is 71.5 Å². The standard InChI is InChI=1S/C27H20F10O3/c1-13(2)3-23(24(38)39)16-4-14(15-5-17(25(29,30)31)9-18(6-15)26(32,33)34)7-21(8-16)40-22-11-19(27(35,36)37)10-20(28)12-22/h4-13,23H,3H2,1-2H3,(H,38,39). The van der Waals surface area contributed by atoms with E-state index in [1.807, 2.05) is 0 Å². The molecule has 40 heavy (non-hydrogen) atoms. The van der Waals surface area contributed by atoms with Crippen molar-refractivity contribution in [2.45, 2.75) is 44.7 Å². The third-order valence-electron chi connectivity index (χ3n) is 5.69. The highest BCUT2D eigenvalue weighted by Crippen LogP contribution is 2.41. The number of benzene rings is 3. The van der Waals surface area contributed by atoms with E-state index >= 15 is 0 Å². The Balaban J connectivity index is 2.27. The first-order valence-corrected chi connectivity index (χ1v) is 11.5. The number of carboxylic acids is 1. The molecule has 0 bridgehead atoms. The molecule has 0 aliphatic rings. The van der Waals surface area contributed by atoms with Crippen LogP contribution in [0.15, 0.2) is 54.6 Å². The highest BCUT2D eigenvalue weighted by Gasteiger charge is 2.37. The van der Waals surface area contributed by atoms with Crippen LogP contribution in [0.25, 0.3) is 11.1 Å². The molecular weight excluding hydrogens is 562 g/mol. The average Bonchev–Trinajstić information content (AvgIpc) is 2.79. The topological polar surface area (TPSA) is 46.5 Å². The van der Waals surface area contributed by atoms with Crippen LogP contribution >= 0.6 is 0 Å². The summed E-state index contributed by atoms with van der Waals surface area (Å²) in [6, 6.07) is 5.01. The van der Waals surface area contributed by atoms with E-state index in [4.69, 9.17) is 4.74 Å². The summed E-state index contributed by atoms with van der Waals surface area (Å²) < 4.78 is 139. The van der Waals surface area contributed by atoms with Crippen molar-refractivity contribution in [1.82, 2.24) is 0 Å². The van der Waals surface area contributed by atoms with Crippen LogP contribution in [0.2, 0.25) is 0 Å². The van der Waals surface area contributed by atoms with Gasteiger partial charge in [-0.15, -0.1) is 0 Å². The molecule has 1 atom stereocenters. The van der Waals surface area contributed by atoms with Gasteiger partial charge in [0, 0.05) is 6.07 Å². The van der Waals surface area contributed by atoms with E-state index in [0.29, 0.717) is 24.3 Å². The Labute approximate surface area is 221 Å². The van der Waals surface area contributed by atoms with Crippen LogP contribution in [-0.2, 0) is 23.3 Å². The second kappa shape index (κ2) is 11.0. The van der Waals surface area contributed by atoms with Crippen LogP contribution in [-0.4, -0.2) is 11.1 Å². The summed E-state index contributed by atoms with van der Waals surface area (Å²) in [6.07, 6.45) is -15.3. The zero-order chi connectivity index (χ0) is 30.2. The van der Waals surface area contributed by atoms with Crippen molar-refractivity contribution in [3.05, 3.63) is 82.7 Å². The van der Waals surface area contributed by atoms with E-state index in [1.54, 1.807) is 13.8 Å². The zero-order valence-corrected chi connectivity index (χ0v) is 20.6. The Kier molecular flexibility index (Phi) is 8.47. The maximum atomic E-state index is 13.9. The van der Waals surface area contributed by atoms with Gasteiger partial charge in [-0.1, -0.05) is 19.9 Å². The molecule has 0 saturated carbocycles. The third kappa shape index (κ3) is 7.66. The van der Waals surface area contributed by atoms with E-state index in [2.05, 4.69) is 0 Å². The molecule has 0 saturated heterocycles. The number of rotatable bonds is 7. The van der Waals surface area contributed by atoms with Gasteiger partial charge in [0.15, 0.2) is 0 Å². The number of halogens is 10. The Bertz CT molecular complexity index is 1360. The fourth-order valence-corrected chi connectivity index (χ4v) is 3.94. The van der Waals surface area contributed by atoms with Gasteiger partial charge in [-0.2, -0.15) is 39.5 Å². The molecule has 0 amide bonds. The van der Waals surface area contributed by atoms with E-state index in [9.17, 15) is 53.8 Å². The number of alkyl halides is 9. The number of carbonyl (C=O) groups is 1. The molecule has 0 aliphatic heterocycles. The molecule has 3 aromatic carbocycles. The molecule has 0 aromatic heterocycles. The maximum Gasteiger partial charge on any atom is 0.416 e. The van der Waals surface area contributed by atoms with Crippen LogP contribution in [0.4, 0.5) is 43.9 Å². The first-order chi connectivity index (χ1) is 18.2. The largest absolute Gasteiger partial charge is 0.481 e. The monoisotopic (exact) mass is 582 g/mol. The van der Waals surface area contributed by atoms with E-state index in [0.717, 1.165) is 18.2 Å². The second-order valence-electron chi connectivity index (χ2n) is 9.38. The van der Waals surface area contributed by atoms with Gasteiger partial charge in [0.1, 0.15) is 17.3 Å². The third-order valence-corrected chi connectivity index (χ3v) is 5.69. The van der Waals surface area contributed by atoms with Crippen molar-refractivity contribution in [2.24, 2.45) is 5.92 Å². The van der Waals surface area contributed by atoms with Crippen molar-refractivity contribution >= 4 is 5.97 Å². The first-order valence-electron chi connectivity index (χ1n) is 11.5. The van der Waals surface area contributed by atoms with Gasteiger partial charge in [0.05, 0.1) is 22.6 Å². The lowest BCUT2D eigenvalue weighted by Crippen LogP contribution is -2.14. The summed E-state index contributed by atoms with van der Waals surface area (Å²) >= 11 is 0. The van der Waals surface area contributed by atoms with Crippen LogP contribution in [0.3, 0.4) is 0 Å². The fourth-order valence-electron chi connectivity index (χ4n) is 3.94. The van der Waals surface area contributed by atoms with E-state index in [-0.39, 0.29) is 35.6 Å². The molecule has 1 N–H and O–H groups in total. The smallest absolute Gasteiger partial charge is 0.416 e. The summed E-state index contributed by atoms with van der Waals surface area (Å²) in [6.45, 7) is 3.34. The number of hydrogen-bond donors (Lipinski definition) is 1. The van der Waals surface area contributed by atoms with Crippen molar-refractivity contribution in [3.63, 3.8) is 0 Å². The molecular formula is C27H20F10O3. The number of ether oxygens (including phenoxy) is 1. The van der Waals surface area contributed by atoms with Crippen LogP contribution in [0, 0.1) is 11.7 Å². The highest BCUT2D eigenvalue weighted by molar-refractivity contribution is 5.78. The Morgan fingerprint density at radius 3 is 1.65 bits per heavy atom. The predicted molar refractivity (Wildman–Crippen MR) is 123 cm³/mol. The van der Waals surface area contributed by atoms with Crippen LogP contribution in [0.5, 0.6) is 11.5 Å².